The number of fused-ring (bicyclic) bond motifs is 2. The Morgan fingerprint density at radius 2 is 1.91 bits per heavy atom. The minimum Gasteiger partial charge on any atom is -0.366 e. The minimum absolute atomic E-state index is 0.108. The van der Waals surface area contributed by atoms with Crippen molar-refractivity contribution in [3.05, 3.63) is 64.3 Å². The van der Waals surface area contributed by atoms with Gasteiger partial charge in [0.25, 0.3) is 0 Å². The third kappa shape index (κ3) is 3.62. The van der Waals surface area contributed by atoms with Gasteiger partial charge in [-0.15, -0.1) is 0 Å². The third-order valence-electron chi connectivity index (χ3n) is 6.44. The maximum Gasteiger partial charge on any atom is 0.149 e. The lowest BCUT2D eigenvalue weighted by molar-refractivity contribution is 0.459. The van der Waals surface area contributed by atoms with E-state index in [2.05, 4.69) is 74.7 Å². The average Bonchev–Trinajstić information content (AvgIpc) is 2.83. The monoisotopic (exact) mass is 442 g/mol. The minimum atomic E-state index is 0.108. The van der Waals surface area contributed by atoms with E-state index in [1.54, 1.807) is 0 Å². The SMILES string of the molecule is N#CCC1CN(c2nc(Cl)c(C#N)c3c2CCN(c2cccc4ccccc24)C3)CCN1. The number of nitrogens with one attached hydrogen (secondary N) is 1. The van der Waals surface area contributed by atoms with E-state index < -0.39 is 0 Å². The molecule has 2 aliphatic heterocycles. The molecule has 2 aromatic carbocycles. The number of aromatic nitrogens is 1. The lowest BCUT2D eigenvalue weighted by atomic mass is 9.95. The van der Waals surface area contributed by atoms with Crippen molar-refractivity contribution in [2.24, 2.45) is 0 Å². The second kappa shape index (κ2) is 8.67. The van der Waals surface area contributed by atoms with Gasteiger partial charge in [0.2, 0.25) is 0 Å². The summed E-state index contributed by atoms with van der Waals surface area (Å²) in [6.45, 7) is 3.77. The molecule has 1 unspecified atom stereocenters. The van der Waals surface area contributed by atoms with Crippen LogP contribution in [0.3, 0.4) is 0 Å². The Morgan fingerprint density at radius 1 is 1.06 bits per heavy atom. The van der Waals surface area contributed by atoms with Crippen LogP contribution >= 0.6 is 11.6 Å². The quantitative estimate of drug-likeness (QED) is 0.617. The van der Waals surface area contributed by atoms with E-state index in [9.17, 15) is 5.26 Å². The van der Waals surface area contributed by atoms with Crippen molar-refractivity contribution >= 4 is 33.9 Å². The van der Waals surface area contributed by atoms with Crippen LogP contribution in [0.1, 0.15) is 23.1 Å². The number of pyridine rings is 1. The van der Waals surface area contributed by atoms with Crippen LogP contribution in [0.5, 0.6) is 0 Å². The number of nitrogens with zero attached hydrogens (tertiary/aromatic N) is 5. The predicted molar refractivity (Wildman–Crippen MR) is 127 cm³/mol. The number of anilines is 2. The fraction of sp³-hybridized carbons (Fsp3) is 0.320. The van der Waals surface area contributed by atoms with Gasteiger partial charge in [-0.05, 0) is 23.4 Å². The topological polar surface area (TPSA) is 79.0 Å². The summed E-state index contributed by atoms with van der Waals surface area (Å²) in [7, 11) is 0. The molecule has 1 fully saturated rings. The molecular weight excluding hydrogens is 420 g/mol. The van der Waals surface area contributed by atoms with Crippen LogP contribution < -0.4 is 15.1 Å². The summed E-state index contributed by atoms with van der Waals surface area (Å²) in [5.41, 5.74) is 3.72. The second-order valence-corrected chi connectivity index (χ2v) is 8.66. The summed E-state index contributed by atoms with van der Waals surface area (Å²) >= 11 is 6.53. The summed E-state index contributed by atoms with van der Waals surface area (Å²) < 4.78 is 0. The lowest BCUT2D eigenvalue weighted by Gasteiger charge is -2.38. The van der Waals surface area contributed by atoms with E-state index in [4.69, 9.17) is 16.9 Å². The zero-order valence-corrected chi connectivity index (χ0v) is 18.4. The van der Waals surface area contributed by atoms with Gasteiger partial charge in [0, 0.05) is 55.4 Å². The number of piperazine rings is 1. The van der Waals surface area contributed by atoms with Gasteiger partial charge >= 0.3 is 0 Å². The second-order valence-electron chi connectivity index (χ2n) is 8.30. The highest BCUT2D eigenvalue weighted by molar-refractivity contribution is 6.30. The molecule has 0 bridgehead atoms. The molecule has 32 heavy (non-hydrogen) atoms. The largest absolute Gasteiger partial charge is 0.366 e. The predicted octanol–water partition coefficient (Wildman–Crippen LogP) is 4.01. The van der Waals surface area contributed by atoms with Crippen molar-refractivity contribution in [1.82, 2.24) is 10.3 Å². The molecule has 1 saturated heterocycles. The van der Waals surface area contributed by atoms with Gasteiger partial charge in [-0.25, -0.2) is 4.98 Å². The van der Waals surface area contributed by atoms with E-state index in [0.29, 0.717) is 25.1 Å². The zero-order valence-electron chi connectivity index (χ0n) is 17.7. The summed E-state index contributed by atoms with van der Waals surface area (Å²) in [6, 6.07) is 19.4. The van der Waals surface area contributed by atoms with Gasteiger partial charge in [0.15, 0.2) is 0 Å². The molecular formula is C25H23ClN6. The first kappa shape index (κ1) is 20.6. The molecule has 3 aromatic rings. The van der Waals surface area contributed by atoms with E-state index in [0.717, 1.165) is 43.0 Å². The number of halogens is 1. The van der Waals surface area contributed by atoms with Crippen LogP contribution in [0.4, 0.5) is 11.5 Å². The van der Waals surface area contributed by atoms with Crippen molar-refractivity contribution < 1.29 is 0 Å². The highest BCUT2D eigenvalue weighted by Gasteiger charge is 2.30. The molecule has 0 radical (unpaired) electrons. The molecule has 0 saturated carbocycles. The Morgan fingerprint density at radius 3 is 2.75 bits per heavy atom. The summed E-state index contributed by atoms with van der Waals surface area (Å²) in [6.07, 6.45) is 1.25. The first-order chi connectivity index (χ1) is 15.7. The normalized spacial score (nSPS) is 18.2. The number of rotatable bonds is 3. The fourth-order valence-corrected chi connectivity index (χ4v) is 5.15. The molecule has 6 nitrogen and oxygen atoms in total. The highest BCUT2D eigenvalue weighted by Crippen LogP contribution is 2.37. The molecule has 5 rings (SSSR count). The molecule has 1 N–H and O–H groups in total. The Labute approximate surface area is 192 Å². The van der Waals surface area contributed by atoms with Crippen molar-refractivity contribution in [3.63, 3.8) is 0 Å². The van der Waals surface area contributed by atoms with Crippen LogP contribution in [0.15, 0.2) is 42.5 Å². The molecule has 7 heteroatoms. The number of hydrogen-bond donors (Lipinski definition) is 1. The maximum absolute atomic E-state index is 9.86. The van der Waals surface area contributed by atoms with E-state index in [1.807, 2.05) is 0 Å². The first-order valence-corrected chi connectivity index (χ1v) is 11.3. The van der Waals surface area contributed by atoms with Gasteiger partial charge in [-0.2, -0.15) is 10.5 Å². The molecule has 1 aromatic heterocycles. The molecule has 0 amide bonds. The van der Waals surface area contributed by atoms with Gasteiger partial charge in [-0.3, -0.25) is 0 Å². The fourth-order valence-electron chi connectivity index (χ4n) is 4.91. The van der Waals surface area contributed by atoms with Crippen LogP contribution in [0.25, 0.3) is 10.8 Å². The summed E-state index contributed by atoms with van der Waals surface area (Å²) in [4.78, 5) is 9.22. The Hall–Kier alpha value is -3.32. The maximum atomic E-state index is 9.86. The Kier molecular flexibility index (Phi) is 5.57. The molecule has 160 valence electrons. The molecule has 1 atom stereocenters. The smallest absolute Gasteiger partial charge is 0.149 e. The summed E-state index contributed by atoms with van der Waals surface area (Å²) in [5.74, 6) is 0.867. The van der Waals surface area contributed by atoms with Crippen molar-refractivity contribution in [1.29, 1.82) is 10.5 Å². The third-order valence-corrected chi connectivity index (χ3v) is 6.71. The van der Waals surface area contributed by atoms with Gasteiger partial charge in [0.05, 0.1) is 18.1 Å². The van der Waals surface area contributed by atoms with Gasteiger partial charge in [0.1, 0.15) is 17.0 Å². The van der Waals surface area contributed by atoms with Crippen molar-refractivity contribution in [3.8, 4) is 12.1 Å². The van der Waals surface area contributed by atoms with Gasteiger partial charge < -0.3 is 15.1 Å². The Bertz CT molecular complexity index is 1250. The van der Waals surface area contributed by atoms with Crippen LogP contribution in [0.2, 0.25) is 5.15 Å². The Balaban J connectivity index is 1.54. The van der Waals surface area contributed by atoms with E-state index >= 15 is 0 Å². The zero-order chi connectivity index (χ0) is 22.1. The summed E-state index contributed by atoms with van der Waals surface area (Å²) in [5, 5.41) is 25.0. The average molecular weight is 443 g/mol. The molecule has 2 aliphatic rings. The first-order valence-electron chi connectivity index (χ1n) is 10.9. The van der Waals surface area contributed by atoms with Crippen LogP contribution in [-0.4, -0.2) is 37.2 Å². The van der Waals surface area contributed by atoms with Crippen molar-refractivity contribution in [2.75, 3.05) is 36.0 Å². The molecule has 0 aliphatic carbocycles. The number of nitriles is 2. The molecule has 0 spiro atoms. The lowest BCUT2D eigenvalue weighted by Crippen LogP contribution is -2.51. The number of benzene rings is 2. The number of hydrogen-bond acceptors (Lipinski definition) is 6. The standard InChI is InChI=1S/C25H23ClN6/c26-24-21(14-28)22-16-31(23-7-3-5-17-4-1-2-6-19(17)23)12-9-20(22)25(30-24)32-13-11-29-18(15-32)8-10-27/h1-7,18,29H,8-9,11-13,15-16H2. The van der Waals surface area contributed by atoms with Crippen molar-refractivity contribution in [2.45, 2.75) is 25.4 Å². The van der Waals surface area contributed by atoms with Crippen LogP contribution in [-0.2, 0) is 13.0 Å². The molecule has 3 heterocycles. The van der Waals surface area contributed by atoms with E-state index in [1.165, 1.54) is 16.5 Å². The van der Waals surface area contributed by atoms with E-state index in [-0.39, 0.29) is 11.2 Å². The van der Waals surface area contributed by atoms with Crippen LogP contribution in [0, 0.1) is 22.7 Å². The van der Waals surface area contributed by atoms with Gasteiger partial charge in [-0.1, -0.05) is 48.0 Å². The highest BCUT2D eigenvalue weighted by atomic mass is 35.5.